The van der Waals surface area contributed by atoms with E-state index in [0.29, 0.717) is 35.9 Å². The molecule has 0 bridgehead atoms. The molecule has 2 saturated heterocycles. The fourth-order valence-electron chi connectivity index (χ4n) is 4.27. The van der Waals surface area contributed by atoms with Gasteiger partial charge in [0.05, 0.1) is 10.8 Å². The number of rotatable bonds is 6. The van der Waals surface area contributed by atoms with Crippen LogP contribution in [0.4, 0.5) is 11.4 Å². The van der Waals surface area contributed by atoms with Gasteiger partial charge in [0.15, 0.2) is 0 Å². The molecule has 2 aromatic rings. The number of nitrogens with one attached hydrogen (secondary N) is 1. The molecule has 34 heavy (non-hydrogen) atoms. The fourth-order valence-corrected chi connectivity index (χ4v) is 5.74. The van der Waals surface area contributed by atoms with E-state index in [1.165, 1.54) is 33.5 Å². The van der Waals surface area contributed by atoms with Crippen LogP contribution in [0.5, 0.6) is 0 Å². The quantitative estimate of drug-likeness (QED) is 0.649. The van der Waals surface area contributed by atoms with Gasteiger partial charge in [-0.1, -0.05) is 6.92 Å². The Labute approximate surface area is 199 Å². The minimum Gasteiger partial charge on any atom is -0.366 e. The first-order valence-corrected chi connectivity index (χ1v) is 12.7. The van der Waals surface area contributed by atoms with Crippen LogP contribution in [0.25, 0.3) is 0 Å². The van der Waals surface area contributed by atoms with Gasteiger partial charge in [-0.05, 0) is 67.3 Å². The number of carbonyl (C=O) groups excluding carboxylic acids is 3. The molecule has 1 unspecified atom stereocenters. The third-order valence-electron chi connectivity index (χ3n) is 6.46. The zero-order valence-corrected chi connectivity index (χ0v) is 19.8. The van der Waals surface area contributed by atoms with Crippen molar-refractivity contribution in [2.45, 2.75) is 31.1 Å². The Bertz CT molecular complexity index is 1190. The summed E-state index contributed by atoms with van der Waals surface area (Å²) in [6, 6.07) is 12.4. The molecule has 10 heteroatoms. The minimum absolute atomic E-state index is 0.0528. The molecule has 2 aromatic carbocycles. The summed E-state index contributed by atoms with van der Waals surface area (Å²) in [5, 5.41) is 2.76. The molecule has 1 atom stereocenters. The molecule has 2 fully saturated rings. The zero-order chi connectivity index (χ0) is 24.5. The number of sulfonamides is 1. The van der Waals surface area contributed by atoms with Crippen LogP contribution in [-0.4, -0.2) is 50.1 Å². The molecule has 0 radical (unpaired) electrons. The third-order valence-corrected chi connectivity index (χ3v) is 8.37. The summed E-state index contributed by atoms with van der Waals surface area (Å²) in [4.78, 5) is 38.1. The van der Waals surface area contributed by atoms with Crippen LogP contribution in [0.15, 0.2) is 53.4 Å². The van der Waals surface area contributed by atoms with E-state index in [1.54, 1.807) is 24.3 Å². The smallest absolute Gasteiger partial charge is 0.248 e. The number of amides is 3. The SMILES string of the molecule is CC1CCN(S(=O)(=O)c2ccc(N3CC(C(=O)Nc4ccc(C(N)=O)cc4)CC3=O)cc2)CC1. The van der Waals surface area contributed by atoms with Gasteiger partial charge in [-0.15, -0.1) is 0 Å². The van der Waals surface area contributed by atoms with Gasteiger partial charge < -0.3 is 16.0 Å². The first-order valence-electron chi connectivity index (χ1n) is 11.3. The van der Waals surface area contributed by atoms with Crippen LogP contribution in [0.3, 0.4) is 0 Å². The molecule has 0 saturated carbocycles. The predicted molar refractivity (Wildman–Crippen MR) is 128 cm³/mol. The average molecular weight is 485 g/mol. The van der Waals surface area contributed by atoms with E-state index in [2.05, 4.69) is 12.2 Å². The summed E-state index contributed by atoms with van der Waals surface area (Å²) in [6.07, 6.45) is 1.74. The lowest BCUT2D eigenvalue weighted by Crippen LogP contribution is -2.37. The molecule has 9 nitrogen and oxygen atoms in total. The van der Waals surface area contributed by atoms with Gasteiger partial charge in [0, 0.05) is 43.0 Å². The number of carbonyl (C=O) groups is 3. The van der Waals surface area contributed by atoms with Gasteiger partial charge in [0.25, 0.3) is 0 Å². The van der Waals surface area contributed by atoms with Crippen molar-refractivity contribution in [3.8, 4) is 0 Å². The maximum absolute atomic E-state index is 12.9. The Balaban J connectivity index is 1.40. The molecule has 2 aliphatic rings. The van der Waals surface area contributed by atoms with E-state index in [4.69, 9.17) is 5.73 Å². The topological polar surface area (TPSA) is 130 Å². The Morgan fingerprint density at radius 1 is 1.00 bits per heavy atom. The lowest BCUT2D eigenvalue weighted by atomic mass is 10.0. The number of primary amides is 1. The predicted octanol–water partition coefficient (Wildman–Crippen LogP) is 2.20. The van der Waals surface area contributed by atoms with Crippen LogP contribution < -0.4 is 16.0 Å². The molecule has 2 heterocycles. The van der Waals surface area contributed by atoms with Gasteiger partial charge in [0.1, 0.15) is 0 Å². The van der Waals surface area contributed by atoms with Crippen LogP contribution in [0.2, 0.25) is 0 Å². The van der Waals surface area contributed by atoms with Crippen LogP contribution in [0, 0.1) is 11.8 Å². The van der Waals surface area contributed by atoms with Crippen LogP contribution >= 0.6 is 0 Å². The summed E-state index contributed by atoms with van der Waals surface area (Å²) in [5.74, 6) is -1.10. The van der Waals surface area contributed by atoms with E-state index >= 15 is 0 Å². The highest BCUT2D eigenvalue weighted by Gasteiger charge is 2.35. The number of hydrogen-bond donors (Lipinski definition) is 2. The second-order valence-electron chi connectivity index (χ2n) is 8.92. The van der Waals surface area contributed by atoms with Gasteiger partial charge >= 0.3 is 0 Å². The number of anilines is 2. The van der Waals surface area contributed by atoms with Gasteiger partial charge in [-0.25, -0.2) is 8.42 Å². The van der Waals surface area contributed by atoms with Crippen molar-refractivity contribution in [2.24, 2.45) is 17.6 Å². The highest BCUT2D eigenvalue weighted by atomic mass is 32.2. The molecule has 0 aliphatic carbocycles. The first kappa shape index (κ1) is 23.9. The Hall–Kier alpha value is -3.24. The van der Waals surface area contributed by atoms with E-state index in [-0.39, 0.29) is 29.7 Å². The maximum atomic E-state index is 12.9. The highest BCUT2D eigenvalue weighted by molar-refractivity contribution is 7.89. The first-order chi connectivity index (χ1) is 16.1. The normalized spacial score (nSPS) is 19.9. The molecule has 2 aliphatic heterocycles. The monoisotopic (exact) mass is 484 g/mol. The third kappa shape index (κ3) is 4.97. The number of hydrogen-bond acceptors (Lipinski definition) is 5. The van der Waals surface area contributed by atoms with Crippen molar-refractivity contribution in [2.75, 3.05) is 29.9 Å². The number of benzene rings is 2. The number of piperidine rings is 1. The lowest BCUT2D eigenvalue weighted by Gasteiger charge is -2.29. The van der Waals surface area contributed by atoms with Crippen molar-refractivity contribution in [3.05, 3.63) is 54.1 Å². The van der Waals surface area contributed by atoms with Gasteiger partial charge in [-0.3, -0.25) is 14.4 Å². The Kier molecular flexibility index (Phi) is 6.72. The molecule has 180 valence electrons. The highest BCUT2D eigenvalue weighted by Crippen LogP contribution is 2.29. The zero-order valence-electron chi connectivity index (χ0n) is 18.9. The molecular formula is C24H28N4O5S. The minimum atomic E-state index is -3.57. The number of nitrogens with two attached hydrogens (primary N) is 1. The lowest BCUT2D eigenvalue weighted by molar-refractivity contribution is -0.122. The second-order valence-corrected chi connectivity index (χ2v) is 10.9. The van der Waals surface area contributed by atoms with Crippen molar-refractivity contribution < 1.29 is 22.8 Å². The Morgan fingerprint density at radius 3 is 2.21 bits per heavy atom. The van der Waals surface area contributed by atoms with Crippen molar-refractivity contribution in [1.82, 2.24) is 4.31 Å². The average Bonchev–Trinajstić information content (AvgIpc) is 3.21. The molecule has 3 N–H and O–H groups in total. The summed E-state index contributed by atoms with van der Waals surface area (Å²) >= 11 is 0. The molecule has 3 amide bonds. The summed E-state index contributed by atoms with van der Waals surface area (Å²) in [6.45, 7) is 3.34. The van der Waals surface area contributed by atoms with E-state index in [1.807, 2.05) is 0 Å². The van der Waals surface area contributed by atoms with E-state index in [0.717, 1.165) is 12.8 Å². The van der Waals surface area contributed by atoms with E-state index < -0.39 is 21.8 Å². The maximum Gasteiger partial charge on any atom is 0.248 e. The summed E-state index contributed by atoms with van der Waals surface area (Å²) in [7, 11) is -3.57. The fraction of sp³-hybridized carbons (Fsp3) is 0.375. The molecule has 0 spiro atoms. The summed E-state index contributed by atoms with van der Waals surface area (Å²) in [5.41, 5.74) is 6.61. The largest absolute Gasteiger partial charge is 0.366 e. The van der Waals surface area contributed by atoms with Gasteiger partial charge in [-0.2, -0.15) is 4.31 Å². The van der Waals surface area contributed by atoms with Crippen molar-refractivity contribution in [3.63, 3.8) is 0 Å². The standard InChI is InChI=1S/C24H28N4O5S/c1-16-10-12-27(13-11-16)34(32,33)21-8-6-20(7-9-21)28-15-18(14-22(28)29)24(31)26-19-4-2-17(3-5-19)23(25)30/h2-9,16,18H,10-15H2,1H3,(H2,25,30)(H,26,31). The molecule has 4 rings (SSSR count). The summed E-state index contributed by atoms with van der Waals surface area (Å²) < 4.78 is 27.4. The van der Waals surface area contributed by atoms with Crippen LogP contribution in [-0.2, 0) is 19.6 Å². The Morgan fingerprint density at radius 2 is 1.62 bits per heavy atom. The van der Waals surface area contributed by atoms with Crippen molar-refractivity contribution in [1.29, 1.82) is 0 Å². The second kappa shape index (κ2) is 9.55. The van der Waals surface area contributed by atoms with E-state index in [9.17, 15) is 22.8 Å². The van der Waals surface area contributed by atoms with Crippen molar-refractivity contribution >= 4 is 39.1 Å². The van der Waals surface area contributed by atoms with Gasteiger partial charge in [0.2, 0.25) is 27.7 Å². The van der Waals surface area contributed by atoms with Crippen LogP contribution in [0.1, 0.15) is 36.5 Å². The number of nitrogens with zero attached hydrogens (tertiary/aromatic N) is 2. The molecular weight excluding hydrogens is 456 g/mol. The molecule has 0 aromatic heterocycles.